The van der Waals surface area contributed by atoms with Crippen molar-refractivity contribution in [3.63, 3.8) is 0 Å². The molecule has 0 heterocycles. The fourth-order valence-electron chi connectivity index (χ4n) is 2.00. The van der Waals surface area contributed by atoms with E-state index in [2.05, 4.69) is 44.7 Å². The van der Waals surface area contributed by atoms with E-state index in [9.17, 15) is 4.57 Å². The Hall–Kier alpha value is -0.960. The second-order valence-electron chi connectivity index (χ2n) is 5.87. The molecule has 1 atom stereocenters. The van der Waals surface area contributed by atoms with Crippen molar-refractivity contribution in [1.82, 2.24) is 0 Å². The second-order valence-corrected chi connectivity index (χ2v) is 6.61. The van der Waals surface area contributed by atoms with Crippen molar-refractivity contribution in [3.05, 3.63) is 29.8 Å². The quantitative estimate of drug-likeness (QED) is 0.489. The van der Waals surface area contributed by atoms with E-state index in [1.54, 1.807) is 0 Å². The van der Waals surface area contributed by atoms with Crippen molar-refractivity contribution >= 4 is 13.9 Å². The zero-order chi connectivity index (χ0) is 18.2. The van der Waals surface area contributed by atoms with Crippen molar-refractivity contribution < 1.29 is 14.0 Å². The number of benzene rings is 1. The monoisotopic (exact) mass is 356 g/mol. The second kappa shape index (κ2) is 15.6. The molecule has 1 unspecified atom stereocenters. The van der Waals surface area contributed by atoms with Gasteiger partial charge in [-0.05, 0) is 30.5 Å². The van der Waals surface area contributed by atoms with E-state index in [0.29, 0.717) is 0 Å². The molecule has 0 aromatic heterocycles. The number of anilines is 1. The molecule has 0 saturated carbocycles. The van der Waals surface area contributed by atoms with E-state index >= 15 is 0 Å². The van der Waals surface area contributed by atoms with Crippen LogP contribution in [0.3, 0.4) is 0 Å². The lowest BCUT2D eigenvalue weighted by atomic mass is 10.2. The standard InChI is InChI=1S/C15H24NO3P.C4H10/c1-3-5-11-16(12-6-4-2)15-9-7-14(8-10-15)13-19-20(17)18;1-3-4-2/h7-10H,3-6,11-13H2,1-2H3;3-4H2,1-2H3/p+1. The van der Waals surface area contributed by atoms with Crippen LogP contribution in [0.5, 0.6) is 0 Å². The molecule has 4 nitrogen and oxygen atoms in total. The largest absolute Gasteiger partial charge is 0.695 e. The molecule has 0 amide bonds. The fourth-order valence-corrected chi connectivity index (χ4v) is 2.26. The van der Waals surface area contributed by atoms with Crippen LogP contribution >= 0.6 is 8.25 Å². The maximum atomic E-state index is 10.5. The first kappa shape index (κ1) is 23.0. The van der Waals surface area contributed by atoms with Crippen molar-refractivity contribution in [2.75, 3.05) is 18.0 Å². The van der Waals surface area contributed by atoms with Gasteiger partial charge in [-0.2, -0.15) is 0 Å². The zero-order valence-electron chi connectivity index (χ0n) is 15.8. The van der Waals surface area contributed by atoms with Gasteiger partial charge in [0.2, 0.25) is 0 Å². The van der Waals surface area contributed by atoms with Gasteiger partial charge in [-0.15, -0.1) is 9.42 Å². The number of unbranched alkanes of at least 4 members (excludes halogenated alkanes) is 3. The van der Waals surface area contributed by atoms with Gasteiger partial charge in [-0.1, -0.05) is 65.5 Å². The van der Waals surface area contributed by atoms with Crippen LogP contribution < -0.4 is 4.90 Å². The van der Waals surface area contributed by atoms with Crippen LogP contribution in [0.2, 0.25) is 0 Å². The SMILES string of the molecule is CCCC.CCCCN(CCCC)c1ccc(CO[P+](=O)O)cc1. The van der Waals surface area contributed by atoms with Crippen molar-refractivity contribution in [3.8, 4) is 0 Å². The van der Waals surface area contributed by atoms with Crippen LogP contribution in [-0.2, 0) is 15.7 Å². The van der Waals surface area contributed by atoms with Gasteiger partial charge in [0.05, 0.1) is 0 Å². The summed E-state index contributed by atoms with van der Waals surface area (Å²) in [6, 6.07) is 8.04. The lowest BCUT2D eigenvalue weighted by Crippen LogP contribution is -2.25. The Morgan fingerprint density at radius 2 is 1.42 bits per heavy atom. The van der Waals surface area contributed by atoms with Gasteiger partial charge < -0.3 is 4.90 Å². The Morgan fingerprint density at radius 1 is 0.917 bits per heavy atom. The predicted octanol–water partition coefficient (Wildman–Crippen LogP) is 6.07. The lowest BCUT2D eigenvalue weighted by molar-refractivity contribution is 0.272. The van der Waals surface area contributed by atoms with Crippen molar-refractivity contribution in [1.29, 1.82) is 0 Å². The molecular weight excluding hydrogens is 321 g/mol. The van der Waals surface area contributed by atoms with Crippen LogP contribution in [0.25, 0.3) is 0 Å². The first-order valence-electron chi connectivity index (χ1n) is 9.21. The lowest BCUT2D eigenvalue weighted by Gasteiger charge is -2.24. The summed E-state index contributed by atoms with van der Waals surface area (Å²) in [5.74, 6) is 0. The summed E-state index contributed by atoms with van der Waals surface area (Å²) >= 11 is 0. The van der Waals surface area contributed by atoms with Gasteiger partial charge in [-0.25, -0.2) is 0 Å². The van der Waals surface area contributed by atoms with E-state index in [1.165, 1.54) is 44.2 Å². The van der Waals surface area contributed by atoms with Crippen LogP contribution in [0.15, 0.2) is 24.3 Å². The highest BCUT2D eigenvalue weighted by atomic mass is 31.1. The molecule has 0 bridgehead atoms. The summed E-state index contributed by atoms with van der Waals surface area (Å²) in [4.78, 5) is 11.0. The Bertz CT molecular complexity index is 413. The topological polar surface area (TPSA) is 49.8 Å². The minimum absolute atomic E-state index is 0.176. The van der Waals surface area contributed by atoms with E-state index < -0.39 is 8.25 Å². The normalized spacial score (nSPS) is 10.8. The molecule has 138 valence electrons. The molecule has 1 rings (SSSR count). The Kier molecular flexibility index (Phi) is 14.9. The molecular formula is C19H35NO3P+. The molecule has 0 fully saturated rings. The van der Waals surface area contributed by atoms with Crippen LogP contribution in [0, 0.1) is 0 Å². The molecule has 1 aromatic rings. The van der Waals surface area contributed by atoms with E-state index in [-0.39, 0.29) is 6.61 Å². The summed E-state index contributed by atoms with van der Waals surface area (Å²) < 4.78 is 15.2. The van der Waals surface area contributed by atoms with E-state index in [4.69, 9.17) is 9.42 Å². The summed E-state index contributed by atoms with van der Waals surface area (Å²) in [7, 11) is -2.52. The van der Waals surface area contributed by atoms with Gasteiger partial charge in [0.15, 0.2) is 0 Å². The van der Waals surface area contributed by atoms with Gasteiger partial charge in [0.1, 0.15) is 6.61 Å². The summed E-state index contributed by atoms with van der Waals surface area (Å²) in [6.07, 6.45) is 7.41. The van der Waals surface area contributed by atoms with Crippen LogP contribution in [0.4, 0.5) is 5.69 Å². The molecule has 0 aliphatic rings. The molecule has 0 radical (unpaired) electrons. The van der Waals surface area contributed by atoms with Gasteiger partial charge in [-0.3, -0.25) is 0 Å². The van der Waals surface area contributed by atoms with Crippen molar-refractivity contribution in [2.24, 2.45) is 0 Å². The minimum atomic E-state index is -2.52. The van der Waals surface area contributed by atoms with Crippen LogP contribution in [-0.4, -0.2) is 18.0 Å². The fraction of sp³-hybridized carbons (Fsp3) is 0.684. The third kappa shape index (κ3) is 11.6. The highest BCUT2D eigenvalue weighted by molar-refractivity contribution is 7.32. The number of hydrogen-bond donors (Lipinski definition) is 1. The third-order valence-electron chi connectivity index (χ3n) is 3.71. The average Bonchev–Trinajstić information content (AvgIpc) is 2.61. The molecule has 24 heavy (non-hydrogen) atoms. The highest BCUT2D eigenvalue weighted by Crippen LogP contribution is 2.21. The van der Waals surface area contributed by atoms with Gasteiger partial charge in [0, 0.05) is 23.3 Å². The van der Waals surface area contributed by atoms with Gasteiger partial charge >= 0.3 is 8.25 Å². The predicted molar refractivity (Wildman–Crippen MR) is 104 cm³/mol. The van der Waals surface area contributed by atoms with Crippen LogP contribution in [0.1, 0.15) is 71.8 Å². The molecule has 0 aliphatic carbocycles. The number of nitrogens with zero attached hydrogens (tertiary/aromatic N) is 1. The summed E-state index contributed by atoms with van der Waals surface area (Å²) in [6.45, 7) is 11.1. The molecule has 0 aliphatic heterocycles. The number of hydrogen-bond acceptors (Lipinski definition) is 3. The maximum Gasteiger partial charge on any atom is 0.695 e. The highest BCUT2D eigenvalue weighted by Gasteiger charge is 2.12. The minimum Gasteiger partial charge on any atom is -0.372 e. The Labute approximate surface area is 149 Å². The molecule has 1 N–H and O–H groups in total. The van der Waals surface area contributed by atoms with E-state index in [1.807, 2.05) is 12.1 Å². The Morgan fingerprint density at radius 3 is 1.79 bits per heavy atom. The maximum absolute atomic E-state index is 10.5. The molecule has 0 spiro atoms. The van der Waals surface area contributed by atoms with E-state index in [0.717, 1.165) is 18.7 Å². The third-order valence-corrected chi connectivity index (χ3v) is 4.06. The first-order valence-corrected chi connectivity index (χ1v) is 10.3. The smallest absolute Gasteiger partial charge is 0.372 e. The number of rotatable bonds is 11. The summed E-state index contributed by atoms with van der Waals surface area (Å²) in [5.41, 5.74) is 2.13. The molecule has 5 heteroatoms. The van der Waals surface area contributed by atoms with Gasteiger partial charge in [0.25, 0.3) is 0 Å². The Balaban J connectivity index is 0.00000118. The molecule has 0 saturated heterocycles. The molecule has 1 aromatic carbocycles. The summed E-state index contributed by atoms with van der Waals surface area (Å²) in [5, 5.41) is 0. The van der Waals surface area contributed by atoms with Crippen molar-refractivity contribution in [2.45, 2.75) is 72.8 Å². The first-order chi connectivity index (χ1) is 11.6. The average molecular weight is 356 g/mol. The zero-order valence-corrected chi connectivity index (χ0v) is 16.7.